The maximum atomic E-state index is 12.6. The van der Waals surface area contributed by atoms with E-state index in [2.05, 4.69) is 25.2 Å². The summed E-state index contributed by atoms with van der Waals surface area (Å²) in [5, 5.41) is 12.7. The second-order valence-electron chi connectivity index (χ2n) is 7.74. The van der Waals surface area contributed by atoms with Gasteiger partial charge in [-0.3, -0.25) is 4.79 Å². The topological polar surface area (TPSA) is 52.9 Å². The molecule has 3 heteroatoms. The molecule has 0 heterocycles. The van der Waals surface area contributed by atoms with Crippen LogP contribution < -0.4 is 5.32 Å². The fourth-order valence-electron chi connectivity index (χ4n) is 4.43. The van der Waals surface area contributed by atoms with Crippen molar-refractivity contribution in [2.75, 3.05) is 6.54 Å². The van der Waals surface area contributed by atoms with Gasteiger partial charge in [0, 0.05) is 6.54 Å². The number of carbonyl (C=O) groups excluding carboxylic acids is 1. The number of rotatable bonds is 5. The maximum Gasteiger partial charge on any atom is 0.240 e. The first-order chi connectivity index (χ1) is 10.0. The maximum absolute atomic E-state index is 12.6. The van der Waals surface area contributed by atoms with E-state index in [1.54, 1.807) is 0 Å². The summed E-state index contributed by atoms with van der Waals surface area (Å²) in [7, 11) is 0. The monoisotopic (exact) mass is 290 g/mol. The molecule has 118 valence electrons. The van der Waals surface area contributed by atoms with E-state index in [1.807, 2.05) is 0 Å². The molecule has 3 nitrogen and oxygen atoms in total. The Morgan fingerprint density at radius 1 is 1.10 bits per heavy atom. The highest BCUT2D eigenvalue weighted by molar-refractivity contribution is 5.85. The van der Waals surface area contributed by atoms with Crippen LogP contribution in [0.4, 0.5) is 0 Å². The van der Waals surface area contributed by atoms with Crippen LogP contribution >= 0.6 is 0 Å². The van der Waals surface area contributed by atoms with Gasteiger partial charge in [-0.25, -0.2) is 0 Å². The quantitative estimate of drug-likeness (QED) is 0.825. The molecule has 0 bridgehead atoms. The van der Waals surface area contributed by atoms with Gasteiger partial charge in [0.15, 0.2) is 0 Å². The fraction of sp³-hybridized carbons (Fsp3) is 0.889. The number of nitrogens with one attached hydrogen (secondary N) is 1. The van der Waals surface area contributed by atoms with E-state index in [1.165, 1.54) is 32.1 Å². The Bertz CT molecular complexity index is 396. The molecule has 0 saturated heterocycles. The SMILES string of the molecule is CC(C)CC1(CNC(=O)C2(C#N)CCCCC2)CCCC1. The molecule has 2 aliphatic rings. The van der Waals surface area contributed by atoms with Gasteiger partial charge < -0.3 is 5.32 Å². The number of amides is 1. The predicted octanol–water partition coefficient (Wildman–Crippen LogP) is 4.18. The van der Waals surface area contributed by atoms with Gasteiger partial charge in [0.1, 0.15) is 5.41 Å². The molecule has 1 N–H and O–H groups in total. The molecule has 2 rings (SSSR count). The van der Waals surface area contributed by atoms with E-state index in [4.69, 9.17) is 0 Å². The summed E-state index contributed by atoms with van der Waals surface area (Å²) < 4.78 is 0. The van der Waals surface area contributed by atoms with Crippen LogP contribution in [-0.4, -0.2) is 12.5 Å². The van der Waals surface area contributed by atoms with Gasteiger partial charge in [-0.05, 0) is 43.4 Å². The fourth-order valence-corrected chi connectivity index (χ4v) is 4.43. The lowest BCUT2D eigenvalue weighted by Gasteiger charge is -2.34. The second-order valence-corrected chi connectivity index (χ2v) is 7.74. The van der Waals surface area contributed by atoms with Crippen LogP contribution in [0.1, 0.15) is 78.1 Å². The van der Waals surface area contributed by atoms with Crippen LogP contribution in [0, 0.1) is 28.1 Å². The lowest BCUT2D eigenvalue weighted by molar-refractivity contribution is -0.130. The van der Waals surface area contributed by atoms with E-state index in [0.29, 0.717) is 5.92 Å². The van der Waals surface area contributed by atoms with Crippen LogP contribution in [-0.2, 0) is 4.79 Å². The highest BCUT2D eigenvalue weighted by atomic mass is 16.2. The molecule has 2 aliphatic carbocycles. The molecule has 0 aromatic heterocycles. The van der Waals surface area contributed by atoms with Crippen LogP contribution in [0.2, 0.25) is 0 Å². The smallest absolute Gasteiger partial charge is 0.240 e. The molecular formula is C18H30N2O. The molecule has 0 spiro atoms. The highest BCUT2D eigenvalue weighted by Gasteiger charge is 2.41. The lowest BCUT2D eigenvalue weighted by atomic mass is 9.73. The van der Waals surface area contributed by atoms with Crippen LogP contribution in [0.5, 0.6) is 0 Å². The van der Waals surface area contributed by atoms with Crippen LogP contribution in [0.15, 0.2) is 0 Å². The zero-order chi connectivity index (χ0) is 15.3. The van der Waals surface area contributed by atoms with Crippen LogP contribution in [0.25, 0.3) is 0 Å². The standard InChI is InChI=1S/C18H30N2O/c1-15(2)12-17(8-6-7-9-17)14-20-16(21)18(13-19)10-4-3-5-11-18/h15H,3-12,14H2,1-2H3,(H,20,21). The molecule has 0 aromatic carbocycles. The van der Waals surface area contributed by atoms with Crippen molar-refractivity contribution in [2.45, 2.75) is 78.1 Å². The summed E-state index contributed by atoms with van der Waals surface area (Å²) in [6, 6.07) is 2.33. The third-order valence-electron chi connectivity index (χ3n) is 5.49. The second kappa shape index (κ2) is 6.81. The van der Waals surface area contributed by atoms with Crippen molar-refractivity contribution < 1.29 is 4.79 Å². The Morgan fingerprint density at radius 3 is 2.19 bits per heavy atom. The highest BCUT2D eigenvalue weighted by Crippen LogP contribution is 2.43. The van der Waals surface area contributed by atoms with E-state index in [-0.39, 0.29) is 11.3 Å². The van der Waals surface area contributed by atoms with Crippen molar-refractivity contribution >= 4 is 5.91 Å². The van der Waals surface area contributed by atoms with E-state index < -0.39 is 5.41 Å². The Hall–Kier alpha value is -1.04. The average molecular weight is 290 g/mol. The van der Waals surface area contributed by atoms with Crippen molar-refractivity contribution in [3.63, 3.8) is 0 Å². The van der Waals surface area contributed by atoms with Crippen LogP contribution in [0.3, 0.4) is 0 Å². The number of hydrogen-bond donors (Lipinski definition) is 1. The van der Waals surface area contributed by atoms with E-state index in [0.717, 1.165) is 38.6 Å². The summed E-state index contributed by atoms with van der Waals surface area (Å²) in [6.45, 7) is 5.30. The van der Waals surface area contributed by atoms with Gasteiger partial charge in [0.05, 0.1) is 6.07 Å². The summed E-state index contributed by atoms with van der Waals surface area (Å²) in [4.78, 5) is 12.6. The molecule has 0 atom stereocenters. The molecule has 0 aromatic rings. The zero-order valence-electron chi connectivity index (χ0n) is 13.7. The summed E-state index contributed by atoms with van der Waals surface area (Å²) in [5.41, 5.74) is -0.453. The van der Waals surface area contributed by atoms with Crippen molar-refractivity contribution in [2.24, 2.45) is 16.7 Å². The normalized spacial score (nSPS) is 23.7. The minimum atomic E-state index is -0.740. The largest absolute Gasteiger partial charge is 0.354 e. The molecule has 0 aliphatic heterocycles. The average Bonchev–Trinajstić information content (AvgIpc) is 2.93. The number of carbonyl (C=O) groups is 1. The van der Waals surface area contributed by atoms with Crippen molar-refractivity contribution in [1.82, 2.24) is 5.32 Å². The Kier molecular flexibility index (Phi) is 5.30. The third-order valence-corrected chi connectivity index (χ3v) is 5.49. The van der Waals surface area contributed by atoms with Crippen molar-refractivity contribution in [1.29, 1.82) is 5.26 Å². The molecule has 21 heavy (non-hydrogen) atoms. The number of hydrogen-bond acceptors (Lipinski definition) is 2. The number of nitrogens with zero attached hydrogens (tertiary/aromatic N) is 1. The summed E-state index contributed by atoms with van der Waals surface area (Å²) in [6.07, 6.45) is 10.9. The van der Waals surface area contributed by atoms with Crippen molar-refractivity contribution in [3.8, 4) is 6.07 Å². The first kappa shape index (κ1) is 16.3. The molecular weight excluding hydrogens is 260 g/mol. The molecule has 0 unspecified atom stereocenters. The summed E-state index contributed by atoms with van der Waals surface area (Å²) >= 11 is 0. The Labute approximate surface area is 129 Å². The molecule has 1 amide bonds. The predicted molar refractivity (Wildman–Crippen MR) is 84.5 cm³/mol. The van der Waals surface area contributed by atoms with Gasteiger partial charge in [-0.15, -0.1) is 0 Å². The van der Waals surface area contributed by atoms with E-state index >= 15 is 0 Å². The first-order valence-corrected chi connectivity index (χ1v) is 8.72. The molecule has 0 radical (unpaired) electrons. The van der Waals surface area contributed by atoms with Gasteiger partial charge in [0.2, 0.25) is 5.91 Å². The van der Waals surface area contributed by atoms with Crippen molar-refractivity contribution in [3.05, 3.63) is 0 Å². The number of nitriles is 1. The first-order valence-electron chi connectivity index (χ1n) is 8.72. The Balaban J connectivity index is 1.97. The van der Waals surface area contributed by atoms with Gasteiger partial charge >= 0.3 is 0 Å². The third kappa shape index (κ3) is 3.78. The minimum Gasteiger partial charge on any atom is -0.354 e. The van der Waals surface area contributed by atoms with E-state index in [9.17, 15) is 10.1 Å². The molecule has 2 fully saturated rings. The van der Waals surface area contributed by atoms with Gasteiger partial charge in [0.25, 0.3) is 0 Å². The zero-order valence-corrected chi connectivity index (χ0v) is 13.7. The van der Waals surface area contributed by atoms with Gasteiger partial charge in [-0.1, -0.05) is 46.0 Å². The summed E-state index contributed by atoms with van der Waals surface area (Å²) in [5.74, 6) is 0.666. The minimum absolute atomic E-state index is 0.000249. The van der Waals surface area contributed by atoms with Gasteiger partial charge in [-0.2, -0.15) is 5.26 Å². The lowest BCUT2D eigenvalue weighted by Crippen LogP contribution is -2.45. The Morgan fingerprint density at radius 2 is 1.67 bits per heavy atom. The molecule has 2 saturated carbocycles.